The Hall–Kier alpha value is -0.450. The second kappa shape index (κ2) is 4.09. The Kier molecular flexibility index (Phi) is 2.73. The molecule has 0 atom stereocenters. The summed E-state index contributed by atoms with van der Waals surface area (Å²) in [5, 5.41) is 0. The van der Waals surface area contributed by atoms with E-state index in [1.807, 2.05) is 0 Å². The third-order valence-electron chi connectivity index (χ3n) is 3.44. The first kappa shape index (κ1) is 10.7. The molecule has 1 aromatic carbocycles. The molecule has 2 N–H and O–H groups in total. The summed E-state index contributed by atoms with van der Waals surface area (Å²) in [6.07, 6.45) is 5.51. The fourth-order valence-electron chi connectivity index (χ4n) is 2.20. The first-order chi connectivity index (χ1) is 7.74. The van der Waals surface area contributed by atoms with Crippen molar-refractivity contribution in [2.75, 3.05) is 17.2 Å². The molecule has 0 aromatic heterocycles. The molecule has 2 aliphatic carbocycles. The number of nitrogen functional groups attached to an aromatic ring is 1. The summed E-state index contributed by atoms with van der Waals surface area (Å²) < 4.78 is 1.22. The van der Waals surface area contributed by atoms with Crippen molar-refractivity contribution >= 4 is 34.0 Å². The zero-order chi connectivity index (χ0) is 11.1. The van der Waals surface area contributed by atoms with Gasteiger partial charge in [-0.05, 0) is 72.4 Å². The number of nitrogens with two attached hydrogens (primary N) is 1. The lowest BCUT2D eigenvalue weighted by atomic mass is 10.2. The highest BCUT2D eigenvalue weighted by Crippen LogP contribution is 2.39. The maximum Gasteiger partial charge on any atom is 0.0603 e. The molecule has 3 heteroatoms. The van der Waals surface area contributed by atoms with E-state index in [0.717, 1.165) is 17.6 Å². The zero-order valence-corrected chi connectivity index (χ0v) is 11.5. The Balaban J connectivity index is 1.85. The Morgan fingerprint density at radius 2 is 2.00 bits per heavy atom. The number of hydrogen-bond donors (Lipinski definition) is 1. The summed E-state index contributed by atoms with van der Waals surface area (Å²) in [7, 11) is 0. The normalized spacial score (nSPS) is 19.8. The zero-order valence-electron chi connectivity index (χ0n) is 9.32. The number of halogens is 1. The smallest absolute Gasteiger partial charge is 0.0603 e. The van der Waals surface area contributed by atoms with Crippen molar-refractivity contribution in [3.05, 3.63) is 21.8 Å². The van der Waals surface area contributed by atoms with E-state index in [0.29, 0.717) is 0 Å². The molecule has 1 aromatic rings. The Morgan fingerprint density at radius 1 is 1.25 bits per heavy atom. The minimum Gasteiger partial charge on any atom is -0.397 e. The molecule has 0 radical (unpaired) electrons. The lowest BCUT2D eigenvalue weighted by Crippen LogP contribution is -2.28. The summed E-state index contributed by atoms with van der Waals surface area (Å²) in [5.41, 5.74) is 8.34. The topological polar surface area (TPSA) is 29.3 Å². The summed E-state index contributed by atoms with van der Waals surface area (Å²) in [6, 6.07) is 7.20. The largest absolute Gasteiger partial charge is 0.397 e. The minimum atomic E-state index is 0.767. The van der Waals surface area contributed by atoms with Crippen LogP contribution in [0.5, 0.6) is 0 Å². The van der Waals surface area contributed by atoms with Crippen LogP contribution in [0.1, 0.15) is 25.7 Å². The monoisotopic (exact) mass is 328 g/mol. The van der Waals surface area contributed by atoms with Gasteiger partial charge in [-0.2, -0.15) is 0 Å². The van der Waals surface area contributed by atoms with Crippen LogP contribution in [0.3, 0.4) is 0 Å². The van der Waals surface area contributed by atoms with Crippen molar-refractivity contribution < 1.29 is 0 Å². The highest BCUT2D eigenvalue weighted by molar-refractivity contribution is 14.1. The molecule has 0 saturated heterocycles. The van der Waals surface area contributed by atoms with E-state index in [2.05, 4.69) is 45.7 Å². The molecule has 16 heavy (non-hydrogen) atoms. The highest BCUT2D eigenvalue weighted by atomic mass is 127. The number of rotatable bonds is 4. The van der Waals surface area contributed by atoms with Crippen LogP contribution in [0.15, 0.2) is 18.2 Å². The van der Waals surface area contributed by atoms with E-state index in [1.165, 1.54) is 41.5 Å². The molecular formula is C13H17IN2. The van der Waals surface area contributed by atoms with E-state index >= 15 is 0 Å². The minimum absolute atomic E-state index is 0.767. The van der Waals surface area contributed by atoms with E-state index in [9.17, 15) is 0 Å². The summed E-state index contributed by atoms with van der Waals surface area (Å²) in [6.45, 7) is 1.22. The molecule has 0 heterocycles. The third kappa shape index (κ3) is 2.29. The standard InChI is InChI=1S/C13H17IN2/c14-10-3-6-13(12(15)7-10)16(11-4-5-11)8-9-1-2-9/h3,6-7,9,11H,1-2,4-5,8,15H2. The van der Waals surface area contributed by atoms with Gasteiger partial charge >= 0.3 is 0 Å². The highest BCUT2D eigenvalue weighted by Gasteiger charge is 2.34. The van der Waals surface area contributed by atoms with Gasteiger partial charge in [-0.15, -0.1) is 0 Å². The number of hydrogen-bond acceptors (Lipinski definition) is 2. The van der Waals surface area contributed by atoms with Gasteiger partial charge in [0.25, 0.3) is 0 Å². The van der Waals surface area contributed by atoms with Crippen LogP contribution in [0.2, 0.25) is 0 Å². The SMILES string of the molecule is Nc1cc(I)ccc1N(CC1CC1)C1CC1. The van der Waals surface area contributed by atoms with Crippen LogP contribution < -0.4 is 10.6 Å². The first-order valence-corrected chi connectivity index (χ1v) is 7.13. The van der Waals surface area contributed by atoms with Crippen molar-refractivity contribution in [1.82, 2.24) is 0 Å². The van der Waals surface area contributed by atoms with Gasteiger partial charge in [0, 0.05) is 16.2 Å². The second-order valence-corrected chi connectivity index (χ2v) is 6.28. The Bertz CT molecular complexity index is 397. The molecule has 0 unspecified atom stereocenters. The van der Waals surface area contributed by atoms with Crippen molar-refractivity contribution in [2.24, 2.45) is 5.92 Å². The van der Waals surface area contributed by atoms with Crippen LogP contribution in [0, 0.1) is 9.49 Å². The van der Waals surface area contributed by atoms with Gasteiger partial charge < -0.3 is 10.6 Å². The van der Waals surface area contributed by atoms with Crippen LogP contribution >= 0.6 is 22.6 Å². The number of anilines is 2. The average Bonchev–Trinajstić information content (AvgIpc) is 3.11. The van der Waals surface area contributed by atoms with Crippen molar-refractivity contribution in [1.29, 1.82) is 0 Å². The van der Waals surface area contributed by atoms with Crippen LogP contribution in [-0.4, -0.2) is 12.6 Å². The van der Waals surface area contributed by atoms with E-state index < -0.39 is 0 Å². The lowest BCUT2D eigenvalue weighted by molar-refractivity contribution is 0.720. The maximum absolute atomic E-state index is 6.14. The Labute approximate surface area is 110 Å². The van der Waals surface area contributed by atoms with Crippen molar-refractivity contribution in [2.45, 2.75) is 31.7 Å². The van der Waals surface area contributed by atoms with Gasteiger partial charge in [-0.25, -0.2) is 0 Å². The summed E-state index contributed by atoms with van der Waals surface area (Å²) in [4.78, 5) is 2.54. The van der Waals surface area contributed by atoms with Gasteiger partial charge in [-0.3, -0.25) is 0 Å². The van der Waals surface area contributed by atoms with Crippen LogP contribution in [-0.2, 0) is 0 Å². The number of nitrogens with zero attached hydrogens (tertiary/aromatic N) is 1. The first-order valence-electron chi connectivity index (χ1n) is 6.05. The molecule has 2 fully saturated rings. The summed E-state index contributed by atoms with van der Waals surface area (Å²) >= 11 is 2.32. The second-order valence-electron chi connectivity index (χ2n) is 5.03. The molecule has 0 spiro atoms. The van der Waals surface area contributed by atoms with Crippen LogP contribution in [0.25, 0.3) is 0 Å². The predicted molar refractivity (Wildman–Crippen MR) is 76.7 cm³/mol. The van der Waals surface area contributed by atoms with Gasteiger partial charge in [0.1, 0.15) is 0 Å². The fraction of sp³-hybridized carbons (Fsp3) is 0.538. The van der Waals surface area contributed by atoms with Gasteiger partial charge in [0.05, 0.1) is 11.4 Å². The van der Waals surface area contributed by atoms with Crippen molar-refractivity contribution in [3.8, 4) is 0 Å². The molecule has 0 bridgehead atoms. The molecule has 2 aliphatic rings. The number of benzene rings is 1. The predicted octanol–water partition coefficient (Wildman–Crippen LogP) is 3.25. The molecule has 86 valence electrons. The van der Waals surface area contributed by atoms with E-state index in [-0.39, 0.29) is 0 Å². The van der Waals surface area contributed by atoms with E-state index in [4.69, 9.17) is 5.73 Å². The van der Waals surface area contributed by atoms with Gasteiger partial charge in [0.15, 0.2) is 0 Å². The molecular weight excluding hydrogens is 311 g/mol. The third-order valence-corrected chi connectivity index (χ3v) is 4.11. The van der Waals surface area contributed by atoms with Crippen molar-refractivity contribution in [3.63, 3.8) is 0 Å². The molecule has 0 amide bonds. The quantitative estimate of drug-likeness (QED) is 0.679. The fourth-order valence-corrected chi connectivity index (χ4v) is 2.71. The molecule has 0 aliphatic heterocycles. The Morgan fingerprint density at radius 3 is 2.56 bits per heavy atom. The summed E-state index contributed by atoms with van der Waals surface area (Å²) in [5.74, 6) is 0.930. The average molecular weight is 328 g/mol. The van der Waals surface area contributed by atoms with E-state index in [1.54, 1.807) is 0 Å². The van der Waals surface area contributed by atoms with Crippen LogP contribution in [0.4, 0.5) is 11.4 Å². The molecule has 2 nitrogen and oxygen atoms in total. The van der Waals surface area contributed by atoms with Gasteiger partial charge in [0.2, 0.25) is 0 Å². The maximum atomic E-state index is 6.14. The lowest BCUT2D eigenvalue weighted by Gasteiger charge is -2.26. The van der Waals surface area contributed by atoms with Gasteiger partial charge in [-0.1, -0.05) is 0 Å². The molecule has 2 saturated carbocycles. The molecule has 3 rings (SSSR count).